The normalized spacial score (nSPS) is 13.0. The Hall–Kier alpha value is -1.70. The van der Waals surface area contributed by atoms with Crippen LogP contribution in [-0.4, -0.2) is 46.1 Å². The Morgan fingerprint density at radius 3 is 2.35 bits per heavy atom. The molecule has 2 aromatic rings. The number of amides is 1. The molecule has 1 aromatic carbocycles. The van der Waals surface area contributed by atoms with Crippen molar-refractivity contribution in [3.63, 3.8) is 0 Å². The van der Waals surface area contributed by atoms with Crippen molar-refractivity contribution >= 4 is 27.1 Å². The second-order valence-electron chi connectivity index (χ2n) is 5.50. The van der Waals surface area contributed by atoms with Gasteiger partial charge in [-0.1, -0.05) is 6.07 Å². The van der Waals surface area contributed by atoms with Gasteiger partial charge in [0.1, 0.15) is 0 Å². The molecule has 0 spiro atoms. The molecule has 23 heavy (non-hydrogen) atoms. The van der Waals surface area contributed by atoms with E-state index in [1.54, 1.807) is 11.3 Å². The van der Waals surface area contributed by atoms with Crippen LogP contribution >= 0.6 is 11.3 Å². The minimum atomic E-state index is -3.25. The molecule has 1 aromatic heterocycles. The van der Waals surface area contributed by atoms with Gasteiger partial charge in [0.25, 0.3) is 5.91 Å². The van der Waals surface area contributed by atoms with Crippen LogP contribution < -0.4 is 5.32 Å². The Kier molecular flexibility index (Phi) is 5.56. The fourth-order valence-electron chi connectivity index (χ4n) is 2.16. The summed E-state index contributed by atoms with van der Waals surface area (Å²) in [5, 5.41) is 4.91. The molecule has 0 bridgehead atoms. The van der Waals surface area contributed by atoms with E-state index in [9.17, 15) is 13.2 Å². The molecule has 124 valence electrons. The summed E-state index contributed by atoms with van der Waals surface area (Å²) in [6.07, 6.45) is 1.14. The Morgan fingerprint density at radius 1 is 1.22 bits per heavy atom. The summed E-state index contributed by atoms with van der Waals surface area (Å²) in [6.45, 7) is 0.486. The summed E-state index contributed by atoms with van der Waals surface area (Å²) < 4.78 is 22.9. The van der Waals surface area contributed by atoms with Crippen LogP contribution in [0.15, 0.2) is 46.7 Å². The van der Waals surface area contributed by atoms with E-state index in [4.69, 9.17) is 0 Å². The van der Waals surface area contributed by atoms with Crippen LogP contribution in [0.25, 0.3) is 0 Å². The zero-order valence-corrected chi connectivity index (χ0v) is 14.9. The first kappa shape index (κ1) is 17.7. The maximum absolute atomic E-state index is 12.2. The number of carbonyl (C=O) groups excluding carboxylic acids is 1. The Morgan fingerprint density at radius 2 is 1.87 bits per heavy atom. The highest BCUT2D eigenvalue weighted by Gasteiger charge is 2.17. The molecule has 0 saturated heterocycles. The van der Waals surface area contributed by atoms with Gasteiger partial charge in [-0.25, -0.2) is 8.42 Å². The number of benzene rings is 1. The number of nitrogens with one attached hydrogen (secondary N) is 1. The zero-order chi connectivity index (χ0) is 17.0. The molecule has 0 aliphatic heterocycles. The van der Waals surface area contributed by atoms with Crippen LogP contribution in [0.3, 0.4) is 0 Å². The molecule has 7 heteroatoms. The number of nitrogens with zero attached hydrogens (tertiary/aromatic N) is 1. The molecule has 1 atom stereocenters. The minimum Gasteiger partial charge on any atom is -0.350 e. The molecule has 0 aliphatic rings. The van der Waals surface area contributed by atoms with Gasteiger partial charge < -0.3 is 10.2 Å². The van der Waals surface area contributed by atoms with Crippen LogP contribution in [0.1, 0.15) is 21.3 Å². The van der Waals surface area contributed by atoms with E-state index in [2.05, 4.69) is 10.2 Å². The van der Waals surface area contributed by atoms with E-state index < -0.39 is 9.84 Å². The number of hydrogen-bond donors (Lipinski definition) is 1. The second kappa shape index (κ2) is 7.25. The van der Waals surface area contributed by atoms with E-state index in [0.717, 1.165) is 6.26 Å². The second-order valence-corrected chi connectivity index (χ2v) is 8.50. The smallest absolute Gasteiger partial charge is 0.251 e. The van der Waals surface area contributed by atoms with Crippen molar-refractivity contribution in [1.29, 1.82) is 0 Å². The first-order valence-electron chi connectivity index (χ1n) is 7.07. The highest BCUT2D eigenvalue weighted by atomic mass is 32.2. The van der Waals surface area contributed by atoms with Crippen molar-refractivity contribution in [2.45, 2.75) is 10.9 Å². The average Bonchev–Trinajstić information content (AvgIpc) is 3.00. The van der Waals surface area contributed by atoms with E-state index in [0.29, 0.717) is 12.1 Å². The molecule has 5 nitrogen and oxygen atoms in total. The van der Waals surface area contributed by atoms with Crippen LogP contribution in [0.2, 0.25) is 0 Å². The van der Waals surface area contributed by atoms with Crippen LogP contribution in [0.4, 0.5) is 0 Å². The molecular formula is C16H20N2O3S2. The van der Waals surface area contributed by atoms with Crippen LogP contribution in [0, 0.1) is 0 Å². The summed E-state index contributed by atoms with van der Waals surface area (Å²) in [7, 11) is 0.691. The van der Waals surface area contributed by atoms with Crippen molar-refractivity contribution in [3.8, 4) is 0 Å². The molecule has 1 amide bonds. The Labute approximate surface area is 140 Å². The van der Waals surface area contributed by atoms with E-state index in [1.807, 2.05) is 31.6 Å². The summed E-state index contributed by atoms with van der Waals surface area (Å²) in [5.41, 5.74) is 0.445. The van der Waals surface area contributed by atoms with Crippen LogP contribution in [-0.2, 0) is 9.84 Å². The lowest BCUT2D eigenvalue weighted by Crippen LogP contribution is -2.34. The molecule has 0 radical (unpaired) electrons. The van der Waals surface area contributed by atoms with E-state index in [-0.39, 0.29) is 16.8 Å². The zero-order valence-electron chi connectivity index (χ0n) is 13.3. The standard InChI is InChI=1S/C16H20N2O3S2/c1-18(2)14(15-5-4-10-22-15)11-17-16(19)12-6-8-13(9-7-12)23(3,20)21/h4-10,14H,11H2,1-3H3,(H,17,19). The summed E-state index contributed by atoms with van der Waals surface area (Å²) >= 11 is 1.65. The predicted octanol–water partition coefficient (Wildman–Crippen LogP) is 2.18. The van der Waals surface area contributed by atoms with Gasteiger partial charge in [-0.2, -0.15) is 0 Å². The van der Waals surface area contributed by atoms with E-state index >= 15 is 0 Å². The van der Waals surface area contributed by atoms with Gasteiger partial charge in [-0.3, -0.25) is 4.79 Å². The fourth-order valence-corrected chi connectivity index (χ4v) is 3.72. The number of likely N-dealkylation sites (N-methyl/N-ethyl adjacent to an activating group) is 1. The van der Waals surface area contributed by atoms with Gasteiger partial charge in [0.05, 0.1) is 10.9 Å². The van der Waals surface area contributed by atoms with Crippen molar-refractivity contribution < 1.29 is 13.2 Å². The first-order valence-corrected chi connectivity index (χ1v) is 9.84. The highest BCUT2D eigenvalue weighted by molar-refractivity contribution is 7.90. The van der Waals surface area contributed by atoms with Gasteiger partial charge in [0.2, 0.25) is 0 Å². The number of carbonyl (C=O) groups is 1. The number of hydrogen-bond acceptors (Lipinski definition) is 5. The lowest BCUT2D eigenvalue weighted by atomic mass is 10.2. The van der Waals surface area contributed by atoms with Gasteiger partial charge in [0, 0.05) is 23.2 Å². The first-order chi connectivity index (χ1) is 10.8. The predicted molar refractivity (Wildman–Crippen MR) is 92.6 cm³/mol. The summed E-state index contributed by atoms with van der Waals surface area (Å²) in [6, 6.07) is 10.1. The molecule has 1 heterocycles. The van der Waals surface area contributed by atoms with Gasteiger partial charge in [-0.15, -0.1) is 11.3 Å². The molecule has 0 fully saturated rings. The SMILES string of the molecule is CN(C)C(CNC(=O)c1ccc(S(C)(=O)=O)cc1)c1cccs1. The van der Waals surface area contributed by atoms with Gasteiger partial charge >= 0.3 is 0 Å². The average molecular weight is 352 g/mol. The topological polar surface area (TPSA) is 66.5 Å². The minimum absolute atomic E-state index is 0.106. The maximum atomic E-state index is 12.2. The van der Waals surface area contributed by atoms with Gasteiger partial charge in [-0.05, 0) is 49.8 Å². The largest absolute Gasteiger partial charge is 0.350 e. The quantitative estimate of drug-likeness (QED) is 0.865. The van der Waals surface area contributed by atoms with Crippen molar-refractivity contribution in [2.75, 3.05) is 26.9 Å². The third kappa shape index (κ3) is 4.63. The molecule has 0 aliphatic carbocycles. The van der Waals surface area contributed by atoms with E-state index in [1.165, 1.54) is 29.1 Å². The van der Waals surface area contributed by atoms with Gasteiger partial charge in [0.15, 0.2) is 9.84 Å². The highest BCUT2D eigenvalue weighted by Crippen LogP contribution is 2.22. The molecular weight excluding hydrogens is 332 g/mol. The molecule has 1 N–H and O–H groups in total. The fraction of sp³-hybridized carbons (Fsp3) is 0.312. The lowest BCUT2D eigenvalue weighted by Gasteiger charge is -2.23. The summed E-state index contributed by atoms with van der Waals surface area (Å²) in [4.78, 5) is 15.7. The van der Waals surface area contributed by atoms with Crippen molar-refractivity contribution in [1.82, 2.24) is 10.2 Å². The lowest BCUT2D eigenvalue weighted by molar-refractivity contribution is 0.0942. The van der Waals surface area contributed by atoms with Crippen molar-refractivity contribution in [2.24, 2.45) is 0 Å². The Balaban J connectivity index is 2.04. The molecule has 0 saturated carbocycles. The number of thiophene rings is 1. The monoisotopic (exact) mass is 352 g/mol. The third-order valence-electron chi connectivity index (χ3n) is 3.50. The van der Waals surface area contributed by atoms with Crippen LogP contribution in [0.5, 0.6) is 0 Å². The third-order valence-corrected chi connectivity index (χ3v) is 5.60. The number of sulfone groups is 1. The molecule has 2 rings (SSSR count). The molecule has 1 unspecified atom stereocenters. The summed E-state index contributed by atoms with van der Waals surface area (Å²) in [5.74, 6) is -0.214. The number of rotatable bonds is 6. The maximum Gasteiger partial charge on any atom is 0.251 e. The Bertz CT molecular complexity index is 751. The van der Waals surface area contributed by atoms with Crippen molar-refractivity contribution in [3.05, 3.63) is 52.2 Å².